The molecule has 2 heterocycles. The van der Waals surface area contributed by atoms with Crippen molar-refractivity contribution < 1.29 is 9.84 Å². The number of nitrogens with zero attached hydrogens (tertiary/aromatic N) is 3. The van der Waals surface area contributed by atoms with Crippen LogP contribution in [0.4, 0.5) is 0 Å². The summed E-state index contributed by atoms with van der Waals surface area (Å²) < 4.78 is 7.57. The first-order chi connectivity index (χ1) is 12.0. The van der Waals surface area contributed by atoms with Crippen LogP contribution in [0.2, 0.25) is 0 Å². The van der Waals surface area contributed by atoms with Gasteiger partial charge in [-0.15, -0.1) is 10.2 Å². The van der Waals surface area contributed by atoms with Gasteiger partial charge in [0.05, 0.1) is 17.6 Å². The maximum absolute atomic E-state index is 10.4. The van der Waals surface area contributed by atoms with Crippen LogP contribution in [0, 0.1) is 0 Å². The van der Waals surface area contributed by atoms with Crippen molar-refractivity contribution in [2.75, 3.05) is 6.61 Å². The first-order valence-corrected chi connectivity index (χ1v) is 8.76. The molecule has 5 nitrogen and oxygen atoms in total. The number of hydrogen-bond donors (Lipinski definition) is 1. The fraction of sp³-hybridized carbons (Fsp3) is 0.400. The highest BCUT2D eigenvalue weighted by Gasteiger charge is 2.49. The molecule has 4 rings (SSSR count). The third-order valence-corrected chi connectivity index (χ3v) is 4.99. The Kier molecular flexibility index (Phi) is 3.58. The summed E-state index contributed by atoms with van der Waals surface area (Å²) in [7, 11) is 0. The van der Waals surface area contributed by atoms with E-state index in [2.05, 4.69) is 22.3 Å². The van der Waals surface area contributed by atoms with Crippen LogP contribution in [0.5, 0.6) is 5.75 Å². The molecule has 0 aliphatic heterocycles. The second-order valence-corrected chi connectivity index (χ2v) is 7.24. The van der Waals surface area contributed by atoms with Crippen LogP contribution < -0.4 is 4.74 Å². The molecule has 1 aromatic carbocycles. The first-order valence-electron chi connectivity index (χ1n) is 8.76. The molecule has 0 saturated heterocycles. The van der Waals surface area contributed by atoms with E-state index in [1.165, 1.54) is 5.56 Å². The molecule has 1 saturated carbocycles. The van der Waals surface area contributed by atoms with E-state index in [0.717, 1.165) is 35.6 Å². The summed E-state index contributed by atoms with van der Waals surface area (Å²) in [5, 5.41) is 19.3. The van der Waals surface area contributed by atoms with Crippen LogP contribution in [0.15, 0.2) is 42.6 Å². The Morgan fingerprint density at radius 1 is 1.16 bits per heavy atom. The molecule has 1 aliphatic carbocycles. The zero-order valence-corrected chi connectivity index (χ0v) is 14.9. The van der Waals surface area contributed by atoms with Gasteiger partial charge in [0.1, 0.15) is 11.6 Å². The standard InChI is InChI=1S/C20H23N3O2/c1-4-25-15-9-7-14(8-10-15)20(11-12-20)18-22-21-17-16(19(2,3)24)6-5-13-23(17)18/h5-10,13,24H,4,11-12H2,1-3H3. The van der Waals surface area contributed by atoms with Crippen LogP contribution in [0.3, 0.4) is 0 Å². The number of rotatable bonds is 5. The molecule has 1 aliphatic rings. The molecule has 0 unspecified atom stereocenters. The molecule has 1 N–H and O–H groups in total. The molecule has 1 fully saturated rings. The minimum Gasteiger partial charge on any atom is -0.494 e. The van der Waals surface area contributed by atoms with Gasteiger partial charge in [0.25, 0.3) is 0 Å². The average Bonchev–Trinajstić information content (AvgIpc) is 3.27. The Balaban J connectivity index is 1.79. The Labute approximate surface area is 147 Å². The van der Waals surface area contributed by atoms with Gasteiger partial charge in [0, 0.05) is 11.8 Å². The summed E-state index contributed by atoms with van der Waals surface area (Å²) in [6.45, 7) is 6.20. The fourth-order valence-corrected chi connectivity index (χ4v) is 3.52. The predicted molar refractivity (Wildman–Crippen MR) is 95.9 cm³/mol. The van der Waals surface area contributed by atoms with Gasteiger partial charge >= 0.3 is 0 Å². The van der Waals surface area contributed by atoms with Crippen molar-refractivity contribution in [1.29, 1.82) is 0 Å². The van der Waals surface area contributed by atoms with Gasteiger partial charge in [0.15, 0.2) is 5.65 Å². The molecular formula is C20H23N3O2. The van der Waals surface area contributed by atoms with Gasteiger partial charge in [-0.3, -0.25) is 4.40 Å². The van der Waals surface area contributed by atoms with E-state index in [4.69, 9.17) is 4.74 Å². The van der Waals surface area contributed by atoms with Gasteiger partial charge in [0.2, 0.25) is 0 Å². The van der Waals surface area contributed by atoms with Crippen molar-refractivity contribution in [2.24, 2.45) is 0 Å². The number of aliphatic hydroxyl groups is 1. The zero-order valence-electron chi connectivity index (χ0n) is 14.9. The Hall–Kier alpha value is -2.40. The fourth-order valence-electron chi connectivity index (χ4n) is 3.52. The number of aromatic nitrogens is 3. The maximum atomic E-state index is 10.4. The van der Waals surface area contributed by atoms with Crippen molar-refractivity contribution >= 4 is 5.65 Å². The third-order valence-electron chi connectivity index (χ3n) is 4.99. The zero-order chi connectivity index (χ0) is 17.7. The molecule has 25 heavy (non-hydrogen) atoms. The van der Waals surface area contributed by atoms with Crippen LogP contribution in [-0.2, 0) is 11.0 Å². The molecule has 2 aromatic heterocycles. The monoisotopic (exact) mass is 337 g/mol. The van der Waals surface area contributed by atoms with Crippen LogP contribution in [-0.4, -0.2) is 26.3 Å². The van der Waals surface area contributed by atoms with Gasteiger partial charge < -0.3 is 9.84 Å². The van der Waals surface area contributed by atoms with E-state index in [-0.39, 0.29) is 5.41 Å². The van der Waals surface area contributed by atoms with E-state index in [0.29, 0.717) is 6.61 Å². The first kappa shape index (κ1) is 16.1. The third kappa shape index (κ3) is 2.59. The molecule has 5 heteroatoms. The summed E-state index contributed by atoms with van der Waals surface area (Å²) >= 11 is 0. The average molecular weight is 337 g/mol. The van der Waals surface area contributed by atoms with E-state index in [9.17, 15) is 5.11 Å². The molecule has 0 radical (unpaired) electrons. The van der Waals surface area contributed by atoms with E-state index >= 15 is 0 Å². The smallest absolute Gasteiger partial charge is 0.166 e. The topological polar surface area (TPSA) is 59.7 Å². The van der Waals surface area contributed by atoms with Gasteiger partial charge in [-0.05, 0) is 57.4 Å². The summed E-state index contributed by atoms with van der Waals surface area (Å²) in [4.78, 5) is 0. The lowest BCUT2D eigenvalue weighted by molar-refractivity contribution is 0.0796. The van der Waals surface area contributed by atoms with E-state index in [1.807, 2.05) is 41.8 Å². The van der Waals surface area contributed by atoms with Crippen LogP contribution >= 0.6 is 0 Å². The number of benzene rings is 1. The minimum atomic E-state index is -0.956. The lowest BCUT2D eigenvalue weighted by atomic mass is 9.94. The van der Waals surface area contributed by atoms with Crippen LogP contribution in [0.25, 0.3) is 5.65 Å². The maximum Gasteiger partial charge on any atom is 0.166 e. The molecular weight excluding hydrogens is 314 g/mol. The highest BCUT2D eigenvalue weighted by Crippen LogP contribution is 2.53. The highest BCUT2D eigenvalue weighted by atomic mass is 16.5. The van der Waals surface area contributed by atoms with Crippen molar-refractivity contribution in [3.63, 3.8) is 0 Å². The largest absolute Gasteiger partial charge is 0.494 e. The van der Waals surface area contributed by atoms with Gasteiger partial charge in [-0.25, -0.2) is 0 Å². The number of fused-ring (bicyclic) bond motifs is 1. The summed E-state index contributed by atoms with van der Waals surface area (Å²) in [6, 6.07) is 12.1. The number of pyridine rings is 1. The van der Waals surface area contributed by atoms with Gasteiger partial charge in [-0.2, -0.15) is 0 Å². The highest BCUT2D eigenvalue weighted by molar-refractivity contribution is 5.53. The Bertz CT molecular complexity index is 903. The van der Waals surface area contributed by atoms with Crippen molar-refractivity contribution in [3.05, 3.63) is 59.5 Å². The van der Waals surface area contributed by atoms with Crippen molar-refractivity contribution in [3.8, 4) is 5.75 Å². The lowest BCUT2D eigenvalue weighted by Crippen LogP contribution is -2.18. The minimum absolute atomic E-state index is 0.0949. The van der Waals surface area contributed by atoms with Gasteiger partial charge in [-0.1, -0.05) is 18.2 Å². The molecule has 0 spiro atoms. The molecule has 0 bridgehead atoms. The summed E-state index contributed by atoms with van der Waals surface area (Å²) in [5.74, 6) is 1.83. The van der Waals surface area contributed by atoms with Crippen LogP contribution in [0.1, 0.15) is 50.6 Å². The van der Waals surface area contributed by atoms with Crippen molar-refractivity contribution in [1.82, 2.24) is 14.6 Å². The normalized spacial score (nSPS) is 16.2. The number of ether oxygens (including phenoxy) is 1. The van der Waals surface area contributed by atoms with E-state index < -0.39 is 5.60 Å². The Morgan fingerprint density at radius 2 is 1.88 bits per heavy atom. The second-order valence-electron chi connectivity index (χ2n) is 7.24. The summed E-state index contributed by atoms with van der Waals surface area (Å²) in [5.41, 5.74) is 1.70. The number of hydrogen-bond acceptors (Lipinski definition) is 4. The summed E-state index contributed by atoms with van der Waals surface area (Å²) in [6.07, 6.45) is 4.08. The molecule has 130 valence electrons. The molecule has 0 amide bonds. The molecule has 3 aromatic rings. The lowest BCUT2D eigenvalue weighted by Gasteiger charge is -2.19. The second kappa shape index (κ2) is 5.56. The van der Waals surface area contributed by atoms with Crippen molar-refractivity contribution in [2.45, 2.75) is 44.6 Å². The SMILES string of the molecule is CCOc1ccc(C2(c3nnc4c(C(C)(C)O)cccn34)CC2)cc1. The predicted octanol–water partition coefficient (Wildman–Crippen LogP) is 3.44. The quantitative estimate of drug-likeness (QED) is 0.775. The Morgan fingerprint density at radius 3 is 2.48 bits per heavy atom. The molecule has 0 atom stereocenters. The van der Waals surface area contributed by atoms with E-state index in [1.54, 1.807) is 13.8 Å².